The summed E-state index contributed by atoms with van der Waals surface area (Å²) in [6.45, 7) is 2.18. The highest BCUT2D eigenvalue weighted by Crippen LogP contribution is 2.48. The van der Waals surface area contributed by atoms with Crippen LogP contribution in [-0.2, 0) is 0 Å². The maximum Gasteiger partial charge on any atom is 0.251 e. The van der Waals surface area contributed by atoms with Crippen LogP contribution in [0.4, 0.5) is 22.0 Å². The second kappa shape index (κ2) is 11.3. The molecule has 0 atom stereocenters. The Kier molecular flexibility index (Phi) is 8.61. The van der Waals surface area contributed by atoms with Crippen LogP contribution in [0.25, 0.3) is 0 Å². The van der Waals surface area contributed by atoms with Crippen molar-refractivity contribution in [2.24, 2.45) is 29.6 Å². The Morgan fingerprint density at radius 1 is 0.706 bits per heavy atom. The standard InChI is InChI=1S/C29H41F5/c1-2-3-19-6-14-25(15-7-19)29(33,34)18-20-4-8-21(9-5-20)22-10-12-23(13-11-22)24-16-26(30)28(32)27(31)17-24/h16-17,19-23,25H,2-15,18H2,1H3. The smallest absolute Gasteiger partial charge is 0.207 e. The van der Waals surface area contributed by atoms with Crippen LogP contribution in [0.2, 0.25) is 0 Å². The number of halogens is 5. The van der Waals surface area contributed by atoms with Crippen LogP contribution in [-0.4, -0.2) is 5.92 Å². The first kappa shape index (κ1) is 25.9. The molecule has 0 aliphatic heterocycles. The molecule has 0 heterocycles. The Labute approximate surface area is 202 Å². The molecule has 5 heteroatoms. The van der Waals surface area contributed by atoms with E-state index in [0.717, 1.165) is 82.8 Å². The normalized spacial score (nSPS) is 33.1. The highest BCUT2D eigenvalue weighted by Gasteiger charge is 2.43. The molecule has 3 aliphatic rings. The summed E-state index contributed by atoms with van der Waals surface area (Å²) in [6.07, 6.45) is 13.3. The first-order valence-electron chi connectivity index (χ1n) is 13.8. The summed E-state index contributed by atoms with van der Waals surface area (Å²) < 4.78 is 70.6. The molecule has 0 saturated heterocycles. The first-order valence-corrected chi connectivity index (χ1v) is 13.8. The zero-order valence-corrected chi connectivity index (χ0v) is 20.6. The molecule has 1 aromatic carbocycles. The van der Waals surface area contributed by atoms with Crippen LogP contribution in [0, 0.1) is 47.0 Å². The van der Waals surface area contributed by atoms with E-state index < -0.39 is 29.3 Å². The molecular formula is C29H41F5. The van der Waals surface area contributed by atoms with Gasteiger partial charge in [0.15, 0.2) is 17.5 Å². The van der Waals surface area contributed by atoms with Crippen LogP contribution in [0.3, 0.4) is 0 Å². The topological polar surface area (TPSA) is 0 Å². The van der Waals surface area contributed by atoms with Crippen LogP contribution < -0.4 is 0 Å². The van der Waals surface area contributed by atoms with Gasteiger partial charge in [0, 0.05) is 12.3 Å². The van der Waals surface area contributed by atoms with E-state index in [9.17, 15) is 13.2 Å². The molecule has 0 N–H and O–H groups in total. The number of benzene rings is 1. The minimum Gasteiger partial charge on any atom is -0.207 e. The summed E-state index contributed by atoms with van der Waals surface area (Å²) in [4.78, 5) is 0. The van der Waals surface area contributed by atoms with E-state index in [4.69, 9.17) is 0 Å². The van der Waals surface area contributed by atoms with Crippen LogP contribution in [0.15, 0.2) is 12.1 Å². The number of hydrogen-bond donors (Lipinski definition) is 0. The van der Waals surface area contributed by atoms with Crippen molar-refractivity contribution in [2.75, 3.05) is 0 Å². The van der Waals surface area contributed by atoms with E-state index in [1.54, 1.807) is 0 Å². The second-order valence-corrected chi connectivity index (χ2v) is 11.7. The molecule has 0 nitrogen and oxygen atoms in total. The lowest BCUT2D eigenvalue weighted by molar-refractivity contribution is -0.0967. The zero-order valence-electron chi connectivity index (χ0n) is 20.6. The van der Waals surface area contributed by atoms with Crippen molar-refractivity contribution >= 4 is 0 Å². The fourth-order valence-electron chi connectivity index (χ4n) is 7.43. The van der Waals surface area contributed by atoms with Gasteiger partial charge in [-0.2, -0.15) is 0 Å². The van der Waals surface area contributed by atoms with Crippen molar-refractivity contribution in [3.8, 4) is 0 Å². The third kappa shape index (κ3) is 6.16. The van der Waals surface area contributed by atoms with Gasteiger partial charge in [-0.1, -0.05) is 19.8 Å². The highest BCUT2D eigenvalue weighted by molar-refractivity contribution is 5.23. The van der Waals surface area contributed by atoms with Crippen LogP contribution in [0.5, 0.6) is 0 Å². The summed E-state index contributed by atoms with van der Waals surface area (Å²) in [7, 11) is 0. The predicted octanol–water partition coefficient (Wildman–Crippen LogP) is 9.82. The number of hydrogen-bond acceptors (Lipinski definition) is 0. The highest BCUT2D eigenvalue weighted by atomic mass is 19.3. The lowest BCUT2D eigenvalue weighted by Gasteiger charge is -2.40. The lowest BCUT2D eigenvalue weighted by atomic mass is 9.67. The minimum atomic E-state index is -2.52. The molecule has 34 heavy (non-hydrogen) atoms. The van der Waals surface area contributed by atoms with Crippen molar-refractivity contribution in [3.63, 3.8) is 0 Å². The largest absolute Gasteiger partial charge is 0.251 e. The monoisotopic (exact) mass is 484 g/mol. The molecular weight excluding hydrogens is 443 g/mol. The third-order valence-electron chi connectivity index (χ3n) is 9.51. The summed E-state index contributed by atoms with van der Waals surface area (Å²) >= 11 is 0. The summed E-state index contributed by atoms with van der Waals surface area (Å²) in [6, 6.07) is 2.29. The van der Waals surface area contributed by atoms with Gasteiger partial charge in [0.05, 0.1) is 0 Å². The third-order valence-corrected chi connectivity index (χ3v) is 9.51. The van der Waals surface area contributed by atoms with E-state index in [1.807, 2.05) is 0 Å². The summed E-state index contributed by atoms with van der Waals surface area (Å²) in [5.74, 6) is -4.54. The van der Waals surface area contributed by atoms with Gasteiger partial charge in [0.2, 0.25) is 0 Å². The van der Waals surface area contributed by atoms with Crippen molar-refractivity contribution in [3.05, 3.63) is 35.1 Å². The maximum atomic E-state index is 15.1. The molecule has 4 rings (SSSR count). The van der Waals surface area contributed by atoms with Crippen molar-refractivity contribution in [1.29, 1.82) is 0 Å². The van der Waals surface area contributed by atoms with Gasteiger partial charge < -0.3 is 0 Å². The molecule has 0 unspecified atom stereocenters. The Morgan fingerprint density at radius 3 is 1.74 bits per heavy atom. The Morgan fingerprint density at radius 2 is 1.21 bits per heavy atom. The number of rotatable bonds is 7. The van der Waals surface area contributed by atoms with Gasteiger partial charge in [-0.3, -0.25) is 0 Å². The quantitative estimate of drug-likeness (QED) is 0.267. The fraction of sp³-hybridized carbons (Fsp3) is 0.793. The van der Waals surface area contributed by atoms with E-state index in [0.29, 0.717) is 36.2 Å². The van der Waals surface area contributed by atoms with Gasteiger partial charge in [0.1, 0.15) is 0 Å². The van der Waals surface area contributed by atoms with E-state index in [-0.39, 0.29) is 18.3 Å². The van der Waals surface area contributed by atoms with Crippen molar-refractivity contribution in [2.45, 2.75) is 115 Å². The first-order chi connectivity index (χ1) is 16.3. The van der Waals surface area contributed by atoms with Gasteiger partial charge in [0.25, 0.3) is 5.92 Å². The van der Waals surface area contributed by atoms with Gasteiger partial charge >= 0.3 is 0 Å². The van der Waals surface area contributed by atoms with E-state index in [2.05, 4.69) is 6.92 Å². The Bertz CT molecular complexity index is 759. The SMILES string of the molecule is CCCC1CCC(C(F)(F)CC2CCC(C3CCC(c4cc(F)c(F)c(F)c4)CC3)CC2)CC1. The molecule has 0 bridgehead atoms. The average Bonchev–Trinajstić information content (AvgIpc) is 2.83. The molecule has 1 aromatic rings. The van der Waals surface area contributed by atoms with Gasteiger partial charge in [-0.25, -0.2) is 22.0 Å². The van der Waals surface area contributed by atoms with Crippen LogP contribution in [0.1, 0.15) is 115 Å². The molecule has 3 saturated carbocycles. The van der Waals surface area contributed by atoms with Gasteiger partial charge in [-0.15, -0.1) is 0 Å². The molecule has 3 fully saturated rings. The molecule has 192 valence electrons. The van der Waals surface area contributed by atoms with Crippen molar-refractivity contribution < 1.29 is 22.0 Å². The summed E-state index contributed by atoms with van der Waals surface area (Å²) in [5, 5.41) is 0. The van der Waals surface area contributed by atoms with Crippen molar-refractivity contribution in [1.82, 2.24) is 0 Å². The molecule has 0 aromatic heterocycles. The van der Waals surface area contributed by atoms with Crippen LogP contribution >= 0.6 is 0 Å². The van der Waals surface area contributed by atoms with E-state index >= 15 is 8.78 Å². The average molecular weight is 485 g/mol. The zero-order chi connectivity index (χ0) is 24.3. The molecule has 0 radical (unpaired) electrons. The maximum absolute atomic E-state index is 15.1. The lowest BCUT2D eigenvalue weighted by Crippen LogP contribution is -2.35. The second-order valence-electron chi connectivity index (χ2n) is 11.7. The minimum absolute atomic E-state index is 0.0667. The Hall–Kier alpha value is -1.13. The Balaban J connectivity index is 1.21. The number of alkyl halides is 2. The summed E-state index contributed by atoms with van der Waals surface area (Å²) in [5.41, 5.74) is 0.560. The molecule has 0 spiro atoms. The molecule has 0 amide bonds. The molecule has 3 aliphatic carbocycles. The predicted molar refractivity (Wildman–Crippen MR) is 126 cm³/mol. The van der Waals surface area contributed by atoms with Gasteiger partial charge in [-0.05, 0) is 124 Å². The van der Waals surface area contributed by atoms with E-state index in [1.165, 1.54) is 6.42 Å². The fourth-order valence-corrected chi connectivity index (χ4v) is 7.43.